The quantitative estimate of drug-likeness (QED) is 0.861. The summed E-state index contributed by atoms with van der Waals surface area (Å²) >= 11 is 0. The summed E-state index contributed by atoms with van der Waals surface area (Å²) in [4.78, 5) is 0.492. The minimum atomic E-state index is -3.51. The van der Waals surface area contributed by atoms with Gasteiger partial charge in [0.1, 0.15) is 0 Å². The molecule has 4 nitrogen and oxygen atoms in total. The summed E-state index contributed by atoms with van der Waals surface area (Å²) in [6, 6.07) is 14.1. The standard InChI is InChI=1S/C21H26N2O2S/c1-2-22-15-19-20(18-11-10-16-8-4-5-9-17(16)14-18)26(24,25)23-21(19)12-6-3-7-13-21/h4-5,8-11,14,22-23H,2-3,6-7,12-13,15H2,1H3. The van der Waals surface area contributed by atoms with Crippen LogP contribution in [0.15, 0.2) is 48.0 Å². The average molecular weight is 371 g/mol. The van der Waals surface area contributed by atoms with Crippen LogP contribution in [0.2, 0.25) is 0 Å². The number of hydrogen-bond acceptors (Lipinski definition) is 3. The first-order valence-electron chi connectivity index (χ1n) is 9.53. The molecule has 5 heteroatoms. The molecule has 2 aromatic carbocycles. The summed E-state index contributed by atoms with van der Waals surface area (Å²) < 4.78 is 29.4. The monoisotopic (exact) mass is 370 g/mol. The molecule has 0 radical (unpaired) electrons. The predicted octanol–water partition coefficient (Wildman–Crippen LogP) is 3.80. The van der Waals surface area contributed by atoms with Crippen LogP contribution in [0.5, 0.6) is 0 Å². The second-order valence-corrected chi connectivity index (χ2v) is 9.02. The second-order valence-electron chi connectivity index (χ2n) is 7.40. The van der Waals surface area contributed by atoms with Gasteiger partial charge in [0, 0.05) is 6.54 Å². The van der Waals surface area contributed by atoms with Gasteiger partial charge in [-0.25, -0.2) is 13.1 Å². The molecule has 138 valence electrons. The van der Waals surface area contributed by atoms with Gasteiger partial charge in [0.25, 0.3) is 0 Å². The zero-order valence-electron chi connectivity index (χ0n) is 15.2. The van der Waals surface area contributed by atoms with E-state index in [9.17, 15) is 8.42 Å². The molecule has 1 saturated carbocycles. The van der Waals surface area contributed by atoms with E-state index < -0.39 is 15.6 Å². The van der Waals surface area contributed by atoms with Crippen molar-refractivity contribution < 1.29 is 8.42 Å². The van der Waals surface area contributed by atoms with Crippen LogP contribution in [-0.2, 0) is 10.0 Å². The normalized spacial score (nSPS) is 21.6. The molecule has 2 N–H and O–H groups in total. The molecular weight excluding hydrogens is 344 g/mol. The molecule has 4 rings (SSSR count). The average Bonchev–Trinajstić information content (AvgIpc) is 2.85. The van der Waals surface area contributed by atoms with E-state index in [1.54, 1.807) is 0 Å². The van der Waals surface area contributed by atoms with E-state index in [1.807, 2.05) is 36.4 Å². The van der Waals surface area contributed by atoms with Crippen LogP contribution in [0.1, 0.15) is 44.6 Å². The largest absolute Gasteiger partial charge is 0.313 e. The van der Waals surface area contributed by atoms with E-state index in [2.05, 4.69) is 23.0 Å². The van der Waals surface area contributed by atoms with E-state index in [1.165, 1.54) is 6.42 Å². The van der Waals surface area contributed by atoms with Crippen LogP contribution in [0.3, 0.4) is 0 Å². The highest BCUT2D eigenvalue weighted by atomic mass is 32.2. The van der Waals surface area contributed by atoms with Gasteiger partial charge in [-0.3, -0.25) is 0 Å². The van der Waals surface area contributed by atoms with Crippen LogP contribution in [0.25, 0.3) is 15.7 Å². The van der Waals surface area contributed by atoms with Gasteiger partial charge in [0.15, 0.2) is 0 Å². The van der Waals surface area contributed by atoms with Crippen molar-refractivity contribution in [1.29, 1.82) is 0 Å². The first-order chi connectivity index (χ1) is 12.6. The zero-order valence-corrected chi connectivity index (χ0v) is 16.0. The number of sulfonamides is 1. The molecule has 1 fully saturated rings. The number of hydrogen-bond donors (Lipinski definition) is 2. The highest BCUT2D eigenvalue weighted by Gasteiger charge is 2.48. The van der Waals surface area contributed by atoms with Gasteiger partial charge < -0.3 is 5.32 Å². The van der Waals surface area contributed by atoms with Crippen molar-refractivity contribution >= 4 is 25.7 Å². The van der Waals surface area contributed by atoms with Gasteiger partial charge in [0.05, 0.1) is 10.4 Å². The zero-order chi connectivity index (χ0) is 18.2. The summed E-state index contributed by atoms with van der Waals surface area (Å²) in [5.74, 6) is 0. The third-order valence-corrected chi connectivity index (χ3v) is 7.40. The Morgan fingerprint density at radius 2 is 1.77 bits per heavy atom. The van der Waals surface area contributed by atoms with Crippen LogP contribution in [0, 0.1) is 0 Å². The molecule has 2 aliphatic rings. The topological polar surface area (TPSA) is 58.2 Å². The van der Waals surface area contributed by atoms with Crippen LogP contribution < -0.4 is 10.0 Å². The Morgan fingerprint density at radius 3 is 2.50 bits per heavy atom. The smallest absolute Gasteiger partial charge is 0.242 e. The number of rotatable bonds is 4. The van der Waals surface area contributed by atoms with Crippen LogP contribution in [-0.4, -0.2) is 27.0 Å². The lowest BCUT2D eigenvalue weighted by atomic mass is 9.76. The van der Waals surface area contributed by atoms with Gasteiger partial charge in [-0.1, -0.05) is 62.6 Å². The molecule has 0 bridgehead atoms. The van der Waals surface area contributed by atoms with E-state index >= 15 is 0 Å². The molecule has 0 saturated heterocycles. The fourth-order valence-electron chi connectivity index (χ4n) is 4.47. The van der Waals surface area contributed by atoms with E-state index in [4.69, 9.17) is 0 Å². The molecule has 0 aromatic heterocycles. The van der Waals surface area contributed by atoms with Gasteiger partial charge in [-0.15, -0.1) is 0 Å². The molecule has 26 heavy (non-hydrogen) atoms. The van der Waals surface area contributed by atoms with Crippen molar-refractivity contribution in [3.8, 4) is 0 Å². The number of likely N-dealkylation sites (N-methyl/N-ethyl adjacent to an activating group) is 1. The van der Waals surface area contributed by atoms with Crippen molar-refractivity contribution in [2.45, 2.75) is 44.6 Å². The Labute approximate surface area is 155 Å². The molecule has 0 amide bonds. The number of nitrogens with one attached hydrogen (secondary N) is 2. The Balaban J connectivity index is 1.90. The Morgan fingerprint density at radius 1 is 1.04 bits per heavy atom. The van der Waals surface area contributed by atoms with Gasteiger partial charge in [-0.05, 0) is 47.4 Å². The molecular formula is C21H26N2O2S. The molecule has 0 unspecified atom stereocenters. The number of benzene rings is 2. The Hall–Kier alpha value is -1.69. The van der Waals surface area contributed by atoms with Crippen molar-refractivity contribution in [2.75, 3.05) is 13.1 Å². The third kappa shape index (κ3) is 2.98. The minimum Gasteiger partial charge on any atom is -0.313 e. The fourth-order valence-corrected chi connectivity index (χ4v) is 6.44. The lowest BCUT2D eigenvalue weighted by Crippen LogP contribution is -2.47. The van der Waals surface area contributed by atoms with Gasteiger partial charge >= 0.3 is 0 Å². The van der Waals surface area contributed by atoms with Gasteiger partial charge in [-0.2, -0.15) is 0 Å². The predicted molar refractivity (Wildman–Crippen MR) is 107 cm³/mol. The highest BCUT2D eigenvalue weighted by molar-refractivity contribution is 7.99. The maximum Gasteiger partial charge on any atom is 0.242 e. The van der Waals surface area contributed by atoms with E-state index in [0.29, 0.717) is 11.4 Å². The SMILES string of the molecule is CCNCC1=C(c2ccc3ccccc3c2)S(=O)(=O)NC12CCCCC2. The fraction of sp³-hybridized carbons (Fsp3) is 0.429. The van der Waals surface area contributed by atoms with E-state index in [-0.39, 0.29) is 0 Å². The first-order valence-corrected chi connectivity index (χ1v) is 11.0. The highest BCUT2D eigenvalue weighted by Crippen LogP contribution is 2.45. The number of fused-ring (bicyclic) bond motifs is 1. The molecule has 1 aliphatic carbocycles. The van der Waals surface area contributed by atoms with Crippen LogP contribution >= 0.6 is 0 Å². The molecule has 2 aromatic rings. The second kappa shape index (κ2) is 6.80. The Bertz CT molecular complexity index is 957. The molecule has 1 aliphatic heterocycles. The van der Waals surface area contributed by atoms with Crippen molar-refractivity contribution in [2.24, 2.45) is 0 Å². The minimum absolute atomic E-state index is 0.403. The van der Waals surface area contributed by atoms with Gasteiger partial charge in [0.2, 0.25) is 10.0 Å². The molecule has 0 atom stereocenters. The summed E-state index contributed by atoms with van der Waals surface area (Å²) in [6.45, 7) is 3.50. The van der Waals surface area contributed by atoms with Crippen molar-refractivity contribution in [1.82, 2.24) is 10.0 Å². The van der Waals surface area contributed by atoms with E-state index in [0.717, 1.165) is 54.1 Å². The lowest BCUT2D eigenvalue weighted by molar-refractivity contribution is 0.315. The molecule has 1 heterocycles. The summed E-state index contributed by atoms with van der Waals surface area (Å²) in [5, 5.41) is 5.57. The maximum absolute atomic E-state index is 13.1. The third-order valence-electron chi connectivity index (χ3n) is 5.72. The summed E-state index contributed by atoms with van der Waals surface area (Å²) in [7, 11) is -3.51. The molecule has 1 spiro atoms. The Kier molecular flexibility index (Phi) is 4.63. The van der Waals surface area contributed by atoms with Crippen LogP contribution in [0.4, 0.5) is 0 Å². The first kappa shape index (κ1) is 17.7. The van der Waals surface area contributed by atoms with Crippen molar-refractivity contribution in [3.05, 3.63) is 53.6 Å². The van der Waals surface area contributed by atoms with Crippen molar-refractivity contribution in [3.63, 3.8) is 0 Å². The maximum atomic E-state index is 13.1. The summed E-state index contributed by atoms with van der Waals surface area (Å²) in [6.07, 6.45) is 5.11. The lowest BCUT2D eigenvalue weighted by Gasteiger charge is -2.35. The summed E-state index contributed by atoms with van der Waals surface area (Å²) in [5.41, 5.74) is 1.42.